The van der Waals surface area contributed by atoms with Gasteiger partial charge in [0.05, 0.1) is 25.4 Å². The van der Waals surface area contributed by atoms with Crippen molar-refractivity contribution in [3.63, 3.8) is 0 Å². The predicted octanol–water partition coefficient (Wildman–Crippen LogP) is 6.01. The summed E-state index contributed by atoms with van der Waals surface area (Å²) in [7, 11) is 0. The highest BCUT2D eigenvalue weighted by Crippen LogP contribution is 2.30. The lowest BCUT2D eigenvalue weighted by Crippen LogP contribution is -2.41. The number of nitrogens with one attached hydrogen (secondary N) is 2. The van der Waals surface area contributed by atoms with E-state index in [1.807, 2.05) is 0 Å². The summed E-state index contributed by atoms with van der Waals surface area (Å²) in [5, 5.41) is 7.29. The van der Waals surface area contributed by atoms with E-state index >= 15 is 0 Å². The molecule has 0 radical (unpaired) electrons. The number of piperidine rings is 2. The Kier molecular flexibility index (Phi) is 9.66. The summed E-state index contributed by atoms with van der Waals surface area (Å²) in [5.41, 5.74) is 5.21. The van der Waals surface area contributed by atoms with Gasteiger partial charge in [-0.2, -0.15) is 0 Å². The maximum Gasteiger partial charge on any atom is 0.0720 e. The molecule has 4 nitrogen and oxygen atoms in total. The fraction of sp³-hybridized carbons (Fsp3) is 0.600. The first kappa shape index (κ1) is 26.6. The van der Waals surface area contributed by atoms with E-state index in [-0.39, 0.29) is 12.4 Å². The third-order valence-electron chi connectivity index (χ3n) is 8.07. The van der Waals surface area contributed by atoms with Crippen molar-refractivity contribution in [1.82, 2.24) is 10.6 Å². The van der Waals surface area contributed by atoms with Crippen LogP contribution in [0.15, 0.2) is 48.5 Å². The number of rotatable bonds is 6. The van der Waals surface area contributed by atoms with Crippen LogP contribution in [0.3, 0.4) is 0 Å². The van der Waals surface area contributed by atoms with Gasteiger partial charge in [0.15, 0.2) is 0 Å². The van der Waals surface area contributed by atoms with Gasteiger partial charge in [0.2, 0.25) is 0 Å². The van der Waals surface area contributed by atoms with Crippen molar-refractivity contribution in [2.24, 2.45) is 0 Å². The molecule has 4 fully saturated rings. The van der Waals surface area contributed by atoms with Gasteiger partial charge in [-0.15, -0.1) is 12.4 Å². The zero-order chi connectivity index (χ0) is 23.3. The van der Waals surface area contributed by atoms with Crippen LogP contribution in [0.4, 0.5) is 0 Å². The number of aryl methyl sites for hydroxylation is 2. The van der Waals surface area contributed by atoms with Crippen LogP contribution in [0.25, 0.3) is 0 Å². The van der Waals surface area contributed by atoms with Crippen LogP contribution in [0, 0.1) is 13.8 Å². The number of fused-ring (bicyclic) bond motifs is 4. The minimum atomic E-state index is 0. The maximum atomic E-state index is 6.05. The summed E-state index contributed by atoms with van der Waals surface area (Å²) in [6.07, 6.45) is 11.1. The molecule has 0 aliphatic carbocycles. The van der Waals surface area contributed by atoms with Gasteiger partial charge >= 0.3 is 0 Å². The number of ether oxygens (including phenoxy) is 2. The van der Waals surface area contributed by atoms with Crippen molar-refractivity contribution >= 4 is 12.4 Å². The van der Waals surface area contributed by atoms with E-state index in [4.69, 9.17) is 9.47 Å². The molecule has 5 heteroatoms. The smallest absolute Gasteiger partial charge is 0.0720 e. The number of halogens is 1. The molecule has 6 rings (SSSR count). The molecule has 35 heavy (non-hydrogen) atoms. The first-order chi connectivity index (χ1) is 16.6. The van der Waals surface area contributed by atoms with E-state index in [0.29, 0.717) is 12.2 Å². The van der Waals surface area contributed by atoms with Crippen molar-refractivity contribution in [3.8, 4) is 0 Å². The molecule has 2 aromatic rings. The third-order valence-corrected chi connectivity index (χ3v) is 8.07. The maximum absolute atomic E-state index is 6.05. The van der Waals surface area contributed by atoms with Crippen molar-refractivity contribution in [2.45, 2.75) is 115 Å². The van der Waals surface area contributed by atoms with Crippen molar-refractivity contribution in [3.05, 3.63) is 70.8 Å². The van der Waals surface area contributed by atoms with Crippen LogP contribution in [-0.4, -0.2) is 36.4 Å². The molecule has 0 aromatic heterocycles. The van der Waals surface area contributed by atoms with E-state index < -0.39 is 0 Å². The molecule has 0 saturated carbocycles. The van der Waals surface area contributed by atoms with Gasteiger partial charge < -0.3 is 20.1 Å². The van der Waals surface area contributed by atoms with Crippen LogP contribution in [0.2, 0.25) is 0 Å². The van der Waals surface area contributed by atoms with E-state index in [1.54, 1.807) is 0 Å². The Balaban J connectivity index is 0.000000160. The molecular formula is C30H43ClN2O2. The number of hydrogen-bond donors (Lipinski definition) is 2. The third kappa shape index (κ3) is 7.77. The molecule has 192 valence electrons. The Morgan fingerprint density at radius 2 is 0.886 bits per heavy atom. The highest BCUT2D eigenvalue weighted by molar-refractivity contribution is 5.85. The molecule has 4 atom stereocenters. The van der Waals surface area contributed by atoms with Crippen molar-refractivity contribution in [1.29, 1.82) is 0 Å². The van der Waals surface area contributed by atoms with Gasteiger partial charge in [0, 0.05) is 24.2 Å². The van der Waals surface area contributed by atoms with E-state index in [1.165, 1.54) is 73.6 Å². The second-order valence-electron chi connectivity index (χ2n) is 11.1. The fourth-order valence-electron chi connectivity index (χ4n) is 6.08. The predicted molar refractivity (Wildman–Crippen MR) is 145 cm³/mol. The lowest BCUT2D eigenvalue weighted by molar-refractivity contribution is 0.00901. The van der Waals surface area contributed by atoms with Gasteiger partial charge in [0.1, 0.15) is 0 Å². The number of benzene rings is 2. The Bertz CT molecular complexity index is 804. The van der Waals surface area contributed by atoms with E-state index in [9.17, 15) is 0 Å². The van der Waals surface area contributed by atoms with Gasteiger partial charge in [-0.1, -0.05) is 59.7 Å². The lowest BCUT2D eigenvalue weighted by Gasteiger charge is -2.29. The SMILES string of the molecule is Cc1ccc(COC2CC3CCC(C2)N3)cc1.Cc1ccc(COC2CC3CCC(C2)N3)cc1.Cl. The van der Waals surface area contributed by atoms with Gasteiger partial charge in [-0.25, -0.2) is 0 Å². The molecule has 4 saturated heterocycles. The monoisotopic (exact) mass is 498 g/mol. The highest BCUT2D eigenvalue weighted by atomic mass is 35.5. The molecule has 2 aromatic carbocycles. The first-order valence-electron chi connectivity index (χ1n) is 13.5. The first-order valence-corrected chi connectivity index (χ1v) is 13.5. The van der Waals surface area contributed by atoms with Crippen molar-refractivity contribution < 1.29 is 9.47 Å². The van der Waals surface area contributed by atoms with Crippen LogP contribution in [0.1, 0.15) is 73.6 Å². The van der Waals surface area contributed by atoms with Crippen LogP contribution >= 0.6 is 12.4 Å². The normalized spacial score (nSPS) is 30.8. The zero-order valence-corrected chi connectivity index (χ0v) is 22.2. The fourth-order valence-corrected chi connectivity index (χ4v) is 6.08. The largest absolute Gasteiger partial charge is 0.373 e. The molecule has 2 N–H and O–H groups in total. The second kappa shape index (κ2) is 12.7. The molecule has 4 aliphatic heterocycles. The summed E-state index contributed by atoms with van der Waals surface area (Å²) in [4.78, 5) is 0. The molecule has 0 spiro atoms. The summed E-state index contributed by atoms with van der Waals surface area (Å²) in [5.74, 6) is 0. The molecule has 4 unspecified atom stereocenters. The number of hydrogen-bond acceptors (Lipinski definition) is 4. The van der Waals surface area contributed by atoms with Gasteiger partial charge in [-0.3, -0.25) is 0 Å². The Morgan fingerprint density at radius 3 is 1.20 bits per heavy atom. The van der Waals surface area contributed by atoms with Crippen molar-refractivity contribution in [2.75, 3.05) is 0 Å². The van der Waals surface area contributed by atoms with Gasteiger partial charge in [0.25, 0.3) is 0 Å². The van der Waals surface area contributed by atoms with Gasteiger partial charge in [-0.05, 0) is 76.3 Å². The zero-order valence-electron chi connectivity index (χ0n) is 21.4. The molecule has 4 bridgehead atoms. The Morgan fingerprint density at radius 1 is 0.571 bits per heavy atom. The Hall–Kier alpha value is -1.43. The minimum Gasteiger partial charge on any atom is -0.373 e. The van der Waals surface area contributed by atoms with Crippen LogP contribution in [-0.2, 0) is 22.7 Å². The molecule has 4 heterocycles. The van der Waals surface area contributed by atoms with E-state index in [0.717, 1.165) is 37.4 Å². The Labute approximate surface area is 218 Å². The van der Waals surface area contributed by atoms with E-state index in [2.05, 4.69) is 73.0 Å². The van der Waals surface area contributed by atoms with Crippen LogP contribution < -0.4 is 10.6 Å². The summed E-state index contributed by atoms with van der Waals surface area (Å²) < 4.78 is 12.1. The quantitative estimate of drug-likeness (QED) is 0.511. The standard InChI is InChI=1S/2C15H21NO.ClH/c2*1-11-2-4-12(5-3-11)10-17-15-8-13-6-7-14(9-15)16-13;/h2*2-5,13-16H,6-10H2,1H3;1H. The molecule has 4 aliphatic rings. The second-order valence-corrected chi connectivity index (χ2v) is 11.1. The van der Waals surface area contributed by atoms with Crippen LogP contribution in [0.5, 0.6) is 0 Å². The lowest BCUT2D eigenvalue weighted by atomic mass is 10.0. The topological polar surface area (TPSA) is 42.5 Å². The molecular weight excluding hydrogens is 456 g/mol. The minimum absolute atomic E-state index is 0. The summed E-state index contributed by atoms with van der Waals surface area (Å²) in [6, 6.07) is 20.2. The summed E-state index contributed by atoms with van der Waals surface area (Å²) >= 11 is 0. The highest BCUT2D eigenvalue weighted by Gasteiger charge is 2.34. The average molecular weight is 499 g/mol. The summed E-state index contributed by atoms with van der Waals surface area (Å²) in [6.45, 7) is 5.78. The average Bonchev–Trinajstić information content (AvgIpc) is 3.38. The molecule has 0 amide bonds.